The number of halogens is 3. The highest BCUT2D eigenvalue weighted by Gasteiger charge is 2.20. The molecule has 4 N–H and O–H groups in total. The van der Waals surface area contributed by atoms with Crippen LogP contribution in [0.25, 0.3) is 22.2 Å². The summed E-state index contributed by atoms with van der Waals surface area (Å²) < 4.78 is 46.2. The minimum Gasteiger partial charge on any atom is -0.366 e. The Hall–Kier alpha value is -4.34. The Balaban J connectivity index is 1.64. The number of carbonyl (C=O) groups excluding carboxylic acids is 2. The Morgan fingerprint density at radius 2 is 1.75 bits per heavy atom. The second-order valence-electron chi connectivity index (χ2n) is 6.81. The molecular weight excluding hydrogens is 425 g/mol. The molecule has 7 nitrogen and oxygen atoms in total. The summed E-state index contributed by atoms with van der Waals surface area (Å²) in [5, 5.41) is 8.98. The molecule has 32 heavy (non-hydrogen) atoms. The molecule has 0 fully saturated rings. The summed E-state index contributed by atoms with van der Waals surface area (Å²) in [4.78, 5) is 24.0. The van der Waals surface area contributed by atoms with Gasteiger partial charge in [-0.3, -0.25) is 4.79 Å². The molecule has 4 rings (SSSR count). The smallest absolute Gasteiger partial charge is 0.319 e. The van der Waals surface area contributed by atoms with Crippen molar-refractivity contribution in [1.82, 2.24) is 10.5 Å². The fourth-order valence-electron chi connectivity index (χ4n) is 3.26. The van der Waals surface area contributed by atoms with E-state index in [1.54, 1.807) is 12.1 Å². The number of amides is 3. The lowest BCUT2D eigenvalue weighted by atomic mass is 9.98. The summed E-state index contributed by atoms with van der Waals surface area (Å²) in [5.74, 6) is -2.82. The van der Waals surface area contributed by atoms with E-state index in [0.29, 0.717) is 22.1 Å². The highest BCUT2D eigenvalue weighted by molar-refractivity contribution is 6.10. The van der Waals surface area contributed by atoms with Gasteiger partial charge in [-0.25, -0.2) is 18.0 Å². The van der Waals surface area contributed by atoms with E-state index in [4.69, 9.17) is 10.3 Å². The van der Waals surface area contributed by atoms with Crippen molar-refractivity contribution >= 4 is 28.6 Å². The molecule has 0 radical (unpaired) electrons. The van der Waals surface area contributed by atoms with E-state index >= 15 is 0 Å². The second-order valence-corrected chi connectivity index (χ2v) is 6.81. The number of aromatic nitrogens is 1. The molecule has 162 valence electrons. The van der Waals surface area contributed by atoms with Gasteiger partial charge in [0.25, 0.3) is 0 Å². The molecule has 0 spiro atoms. The third kappa shape index (κ3) is 4.10. The molecule has 1 aromatic heterocycles. The summed E-state index contributed by atoms with van der Waals surface area (Å²) in [6, 6.07) is 10.3. The van der Waals surface area contributed by atoms with Gasteiger partial charge >= 0.3 is 6.03 Å². The molecule has 0 atom stereocenters. The number of benzene rings is 3. The number of nitrogens with two attached hydrogens (primary N) is 1. The Bertz CT molecular complexity index is 1350. The fraction of sp³-hybridized carbons (Fsp3) is 0.0455. The van der Waals surface area contributed by atoms with Crippen LogP contribution in [0, 0.1) is 17.5 Å². The lowest BCUT2D eigenvalue weighted by Gasteiger charge is -2.12. The number of hydrogen-bond acceptors (Lipinski definition) is 4. The van der Waals surface area contributed by atoms with Gasteiger partial charge < -0.3 is 20.9 Å². The SMILES string of the molecule is NC(=O)c1cccc2onc(-c3ccc(F)cc3CNC(=O)Nc3cc(F)ccc3F)c12. The number of urea groups is 1. The fourth-order valence-corrected chi connectivity index (χ4v) is 3.26. The first-order valence-corrected chi connectivity index (χ1v) is 9.30. The molecule has 0 saturated carbocycles. The molecule has 1 heterocycles. The Labute approximate surface area is 179 Å². The van der Waals surface area contributed by atoms with E-state index in [-0.39, 0.29) is 23.5 Å². The van der Waals surface area contributed by atoms with Gasteiger partial charge in [-0.05, 0) is 48.0 Å². The summed E-state index contributed by atoms with van der Waals surface area (Å²) in [6.07, 6.45) is 0. The largest absolute Gasteiger partial charge is 0.366 e. The molecule has 3 aromatic carbocycles. The number of nitrogens with zero attached hydrogens (tertiary/aromatic N) is 1. The summed E-state index contributed by atoms with van der Waals surface area (Å²) in [5.41, 5.74) is 6.50. The lowest BCUT2D eigenvalue weighted by Crippen LogP contribution is -2.28. The van der Waals surface area contributed by atoms with Gasteiger partial charge in [0.1, 0.15) is 23.1 Å². The van der Waals surface area contributed by atoms with E-state index in [1.807, 2.05) is 0 Å². The highest BCUT2D eigenvalue weighted by atomic mass is 19.1. The zero-order valence-electron chi connectivity index (χ0n) is 16.3. The maximum absolute atomic E-state index is 13.9. The van der Waals surface area contributed by atoms with Crippen molar-refractivity contribution in [2.45, 2.75) is 6.54 Å². The molecule has 0 aliphatic carbocycles. The Morgan fingerprint density at radius 1 is 1.00 bits per heavy atom. The van der Waals surface area contributed by atoms with E-state index in [1.165, 1.54) is 24.3 Å². The van der Waals surface area contributed by atoms with E-state index < -0.39 is 29.4 Å². The van der Waals surface area contributed by atoms with E-state index in [9.17, 15) is 22.8 Å². The second kappa shape index (κ2) is 8.42. The molecule has 0 saturated heterocycles. The van der Waals surface area contributed by atoms with Crippen molar-refractivity contribution in [3.63, 3.8) is 0 Å². The number of anilines is 1. The third-order valence-corrected chi connectivity index (χ3v) is 4.70. The van der Waals surface area contributed by atoms with Crippen LogP contribution in [-0.4, -0.2) is 17.1 Å². The number of primary amides is 1. The zero-order chi connectivity index (χ0) is 22.8. The zero-order valence-corrected chi connectivity index (χ0v) is 16.3. The summed E-state index contributed by atoms with van der Waals surface area (Å²) >= 11 is 0. The van der Waals surface area contributed by atoms with Crippen LogP contribution in [0.2, 0.25) is 0 Å². The van der Waals surface area contributed by atoms with Crippen molar-refractivity contribution in [1.29, 1.82) is 0 Å². The van der Waals surface area contributed by atoms with Gasteiger partial charge in [0.2, 0.25) is 5.91 Å². The van der Waals surface area contributed by atoms with Crippen molar-refractivity contribution in [3.8, 4) is 11.3 Å². The first-order valence-electron chi connectivity index (χ1n) is 9.30. The van der Waals surface area contributed by atoms with Crippen LogP contribution in [0.15, 0.2) is 59.1 Å². The number of rotatable bonds is 5. The summed E-state index contributed by atoms with van der Waals surface area (Å²) in [6.45, 7) is -0.192. The van der Waals surface area contributed by atoms with Gasteiger partial charge in [-0.2, -0.15) is 0 Å². The van der Waals surface area contributed by atoms with Crippen LogP contribution in [0.4, 0.5) is 23.7 Å². The normalized spacial score (nSPS) is 10.8. The number of carbonyl (C=O) groups is 2. The lowest BCUT2D eigenvalue weighted by molar-refractivity contribution is 0.100. The predicted octanol–water partition coefficient (Wildman–Crippen LogP) is 4.33. The van der Waals surface area contributed by atoms with Gasteiger partial charge in [0.05, 0.1) is 16.6 Å². The predicted molar refractivity (Wildman–Crippen MR) is 110 cm³/mol. The number of nitrogens with one attached hydrogen (secondary N) is 2. The molecule has 10 heteroatoms. The quantitative estimate of drug-likeness (QED) is 0.429. The molecule has 0 aliphatic heterocycles. The van der Waals surface area contributed by atoms with Crippen LogP contribution >= 0.6 is 0 Å². The Morgan fingerprint density at radius 3 is 2.53 bits per heavy atom. The van der Waals surface area contributed by atoms with Gasteiger partial charge in [0, 0.05) is 18.2 Å². The molecule has 4 aromatic rings. The van der Waals surface area contributed by atoms with Gasteiger partial charge in [0.15, 0.2) is 5.58 Å². The molecule has 3 amide bonds. The van der Waals surface area contributed by atoms with Crippen molar-refractivity contribution < 1.29 is 27.3 Å². The van der Waals surface area contributed by atoms with Gasteiger partial charge in [-0.15, -0.1) is 0 Å². The first-order chi connectivity index (χ1) is 15.3. The van der Waals surface area contributed by atoms with E-state index in [2.05, 4.69) is 15.8 Å². The van der Waals surface area contributed by atoms with Crippen molar-refractivity contribution in [2.24, 2.45) is 5.73 Å². The molecule has 0 aliphatic rings. The monoisotopic (exact) mass is 440 g/mol. The van der Waals surface area contributed by atoms with Crippen LogP contribution in [0.1, 0.15) is 15.9 Å². The third-order valence-electron chi connectivity index (χ3n) is 4.70. The average molecular weight is 440 g/mol. The highest BCUT2D eigenvalue weighted by Crippen LogP contribution is 2.33. The average Bonchev–Trinajstić information content (AvgIpc) is 3.19. The van der Waals surface area contributed by atoms with Crippen molar-refractivity contribution in [2.75, 3.05) is 5.32 Å². The summed E-state index contributed by atoms with van der Waals surface area (Å²) in [7, 11) is 0. The minimum atomic E-state index is -0.840. The number of fused-ring (bicyclic) bond motifs is 1. The van der Waals surface area contributed by atoms with Crippen LogP contribution in [-0.2, 0) is 6.54 Å². The topological polar surface area (TPSA) is 110 Å². The molecule has 0 unspecified atom stereocenters. The minimum absolute atomic E-state index is 0.168. The van der Waals surface area contributed by atoms with Crippen LogP contribution < -0.4 is 16.4 Å². The number of hydrogen-bond donors (Lipinski definition) is 3. The van der Waals surface area contributed by atoms with E-state index in [0.717, 1.165) is 18.2 Å². The first kappa shape index (κ1) is 20.9. The molecular formula is C22H15F3N4O3. The standard InChI is InChI=1S/C22H15F3N4O3/c23-12-4-6-14(20-19-15(21(26)30)2-1-3-18(19)32-29-20)11(8-12)10-27-22(31)28-17-9-13(24)5-7-16(17)25/h1-9H,10H2,(H2,26,30)(H2,27,28,31). The van der Waals surface area contributed by atoms with Crippen LogP contribution in [0.5, 0.6) is 0 Å². The molecule has 0 bridgehead atoms. The van der Waals surface area contributed by atoms with Crippen molar-refractivity contribution in [3.05, 3.63) is 83.2 Å². The maximum atomic E-state index is 13.9. The van der Waals surface area contributed by atoms with Gasteiger partial charge in [-0.1, -0.05) is 11.2 Å². The Kier molecular flexibility index (Phi) is 5.50. The maximum Gasteiger partial charge on any atom is 0.319 e. The van der Waals surface area contributed by atoms with Crippen LogP contribution in [0.3, 0.4) is 0 Å².